The quantitative estimate of drug-likeness (QED) is 0.331. The number of methoxy groups -OCH3 is 1. The molecule has 0 saturated carbocycles. The minimum Gasteiger partial charge on any atom is -0.493 e. The van der Waals surface area contributed by atoms with Crippen molar-refractivity contribution in [2.45, 2.75) is 38.2 Å². The van der Waals surface area contributed by atoms with E-state index in [2.05, 4.69) is 22.9 Å². The molecule has 3 rings (SSSR count). The number of carbonyl (C=O) groups is 3. The van der Waals surface area contributed by atoms with Crippen LogP contribution in [0.1, 0.15) is 35.5 Å². The van der Waals surface area contributed by atoms with Gasteiger partial charge in [0.15, 0.2) is 11.4 Å². The summed E-state index contributed by atoms with van der Waals surface area (Å²) in [6.07, 6.45) is 1.55. The number of thiol groups is 1. The van der Waals surface area contributed by atoms with Gasteiger partial charge in [-0.2, -0.15) is 0 Å². The van der Waals surface area contributed by atoms with E-state index in [-0.39, 0.29) is 35.7 Å². The van der Waals surface area contributed by atoms with Crippen LogP contribution in [0.3, 0.4) is 0 Å². The molecule has 1 atom stereocenters. The van der Waals surface area contributed by atoms with Gasteiger partial charge in [0.05, 0.1) is 7.11 Å². The van der Waals surface area contributed by atoms with E-state index in [4.69, 9.17) is 14.2 Å². The van der Waals surface area contributed by atoms with Crippen LogP contribution in [0.25, 0.3) is 0 Å². The average Bonchev–Trinajstić information content (AvgIpc) is 2.85. The molecule has 196 valence electrons. The van der Waals surface area contributed by atoms with Crippen LogP contribution >= 0.6 is 12.6 Å². The van der Waals surface area contributed by atoms with Gasteiger partial charge in [-0.25, -0.2) is 9.37 Å². The number of benzene rings is 2. The van der Waals surface area contributed by atoms with E-state index in [1.807, 2.05) is 37.3 Å². The zero-order valence-corrected chi connectivity index (χ0v) is 21.9. The number of esters is 2. The van der Waals surface area contributed by atoms with Crippen LogP contribution in [0.2, 0.25) is 0 Å². The van der Waals surface area contributed by atoms with Gasteiger partial charge in [-0.05, 0) is 43.2 Å². The number of aryl methyl sites for hydroxylation is 1. The third-order valence-corrected chi connectivity index (χ3v) is 5.30. The highest BCUT2D eigenvalue weighted by molar-refractivity contribution is 7.80. The number of hydrogen-bond acceptors (Lipinski definition) is 8. The van der Waals surface area contributed by atoms with Gasteiger partial charge in [0.25, 0.3) is 5.91 Å². The topological polar surface area (TPSA) is 104 Å². The Labute approximate surface area is 220 Å². The van der Waals surface area contributed by atoms with Gasteiger partial charge in [-0.15, -0.1) is 12.6 Å². The first-order chi connectivity index (χ1) is 17.6. The first-order valence-electron chi connectivity index (χ1n) is 11.3. The van der Waals surface area contributed by atoms with Crippen molar-refractivity contribution in [1.29, 1.82) is 0 Å². The number of ether oxygens (including phenoxy) is 3. The minimum absolute atomic E-state index is 0.110. The van der Waals surface area contributed by atoms with Crippen molar-refractivity contribution in [1.82, 2.24) is 10.3 Å². The molecule has 1 aromatic heterocycles. The number of rotatable bonds is 8. The molecule has 0 aliphatic carbocycles. The molecule has 1 N–H and O–H groups in total. The molecule has 3 aromatic rings. The molecule has 1 unspecified atom stereocenters. The number of aromatic nitrogens is 1. The Balaban J connectivity index is 0.000000449. The Morgan fingerprint density at radius 1 is 1.11 bits per heavy atom. The summed E-state index contributed by atoms with van der Waals surface area (Å²) in [5.74, 6) is -2.05. The summed E-state index contributed by atoms with van der Waals surface area (Å²) in [5.41, 5.74) is 1.75. The predicted molar refractivity (Wildman–Crippen MR) is 139 cm³/mol. The SMILES string of the molecule is COc1ccnc(C(=O)NCC(=O)OC(C)Cc2ccccc2)c1OC(C)=O.Cc1cc(F)ccc1S. The van der Waals surface area contributed by atoms with E-state index in [0.29, 0.717) is 6.42 Å². The first kappa shape index (κ1) is 29.3. The molecule has 0 saturated heterocycles. The van der Waals surface area contributed by atoms with Crippen LogP contribution in [0.5, 0.6) is 11.5 Å². The Kier molecular flexibility index (Phi) is 11.6. The lowest BCUT2D eigenvalue weighted by Gasteiger charge is -2.14. The van der Waals surface area contributed by atoms with Gasteiger partial charge in [-0.3, -0.25) is 14.4 Å². The number of pyridine rings is 1. The molecule has 10 heteroatoms. The largest absolute Gasteiger partial charge is 0.493 e. The van der Waals surface area contributed by atoms with Crippen molar-refractivity contribution in [3.05, 3.63) is 83.4 Å². The molecule has 8 nitrogen and oxygen atoms in total. The van der Waals surface area contributed by atoms with Gasteiger partial charge in [0.2, 0.25) is 5.75 Å². The van der Waals surface area contributed by atoms with Crippen LogP contribution in [-0.4, -0.2) is 42.6 Å². The first-order valence-corrected chi connectivity index (χ1v) is 11.7. The summed E-state index contributed by atoms with van der Waals surface area (Å²) in [6, 6.07) is 15.6. The standard InChI is InChI=1S/C20H22N2O6.C7H7FS/c1-13(11-15-7-5-4-6-8-15)27-17(24)12-22-20(25)18-19(28-14(2)23)16(26-3)9-10-21-18;1-5-4-6(8)2-3-7(5)9/h4-10,13H,11-12H2,1-3H3,(H,22,25);2-4,9H,1H3. The summed E-state index contributed by atoms with van der Waals surface area (Å²) >= 11 is 4.08. The summed E-state index contributed by atoms with van der Waals surface area (Å²) in [6.45, 7) is 4.44. The van der Waals surface area contributed by atoms with E-state index in [0.717, 1.165) is 16.0 Å². The van der Waals surface area contributed by atoms with E-state index >= 15 is 0 Å². The van der Waals surface area contributed by atoms with Crippen LogP contribution < -0.4 is 14.8 Å². The maximum atomic E-state index is 12.4. The molecule has 0 fully saturated rings. The van der Waals surface area contributed by atoms with Crippen molar-refractivity contribution in [2.75, 3.05) is 13.7 Å². The molecule has 1 heterocycles. The fourth-order valence-electron chi connectivity index (χ4n) is 3.10. The van der Waals surface area contributed by atoms with Crippen molar-refractivity contribution < 1.29 is 33.0 Å². The minimum atomic E-state index is -0.692. The molecular formula is C27H29FN2O6S. The molecular weight excluding hydrogens is 499 g/mol. The van der Waals surface area contributed by atoms with E-state index in [1.54, 1.807) is 13.0 Å². The molecule has 37 heavy (non-hydrogen) atoms. The zero-order valence-electron chi connectivity index (χ0n) is 21.0. The van der Waals surface area contributed by atoms with Crippen molar-refractivity contribution in [3.8, 4) is 11.5 Å². The lowest BCUT2D eigenvalue weighted by atomic mass is 10.1. The maximum absolute atomic E-state index is 12.4. The van der Waals surface area contributed by atoms with Gasteiger partial charge < -0.3 is 19.5 Å². The lowest BCUT2D eigenvalue weighted by Crippen LogP contribution is -2.33. The summed E-state index contributed by atoms with van der Waals surface area (Å²) in [7, 11) is 1.37. The predicted octanol–water partition coefficient (Wildman–Crippen LogP) is 4.34. The van der Waals surface area contributed by atoms with Crippen molar-refractivity contribution in [2.24, 2.45) is 0 Å². The lowest BCUT2D eigenvalue weighted by molar-refractivity contribution is -0.146. The van der Waals surface area contributed by atoms with Crippen LogP contribution in [0.15, 0.2) is 65.7 Å². The third-order valence-electron chi connectivity index (χ3n) is 4.80. The average molecular weight is 529 g/mol. The molecule has 0 aliphatic rings. The number of carbonyl (C=O) groups excluding carboxylic acids is 3. The second-order valence-electron chi connectivity index (χ2n) is 7.89. The van der Waals surface area contributed by atoms with Crippen LogP contribution in [-0.2, 0) is 20.7 Å². The third kappa shape index (κ3) is 9.92. The Morgan fingerprint density at radius 2 is 1.81 bits per heavy atom. The van der Waals surface area contributed by atoms with Gasteiger partial charge >= 0.3 is 11.9 Å². The van der Waals surface area contributed by atoms with Gasteiger partial charge in [0.1, 0.15) is 18.5 Å². The van der Waals surface area contributed by atoms with E-state index < -0.39 is 17.8 Å². The highest BCUT2D eigenvalue weighted by Gasteiger charge is 2.21. The van der Waals surface area contributed by atoms with E-state index in [9.17, 15) is 18.8 Å². The Bertz CT molecular complexity index is 1220. The molecule has 0 radical (unpaired) electrons. The number of nitrogens with zero attached hydrogens (tertiary/aromatic N) is 1. The van der Waals surface area contributed by atoms with Crippen molar-refractivity contribution in [3.63, 3.8) is 0 Å². The zero-order chi connectivity index (χ0) is 27.4. The molecule has 0 aliphatic heterocycles. The summed E-state index contributed by atoms with van der Waals surface area (Å²) in [4.78, 5) is 40.4. The monoisotopic (exact) mass is 528 g/mol. The molecule has 2 aromatic carbocycles. The Hall–Kier alpha value is -3.92. The summed E-state index contributed by atoms with van der Waals surface area (Å²) < 4.78 is 27.7. The second kappa shape index (κ2) is 14.6. The van der Waals surface area contributed by atoms with Crippen molar-refractivity contribution >= 4 is 30.5 Å². The Morgan fingerprint density at radius 3 is 2.41 bits per heavy atom. The smallest absolute Gasteiger partial charge is 0.325 e. The molecule has 0 spiro atoms. The molecule has 1 amide bonds. The highest BCUT2D eigenvalue weighted by Crippen LogP contribution is 2.29. The van der Waals surface area contributed by atoms with Crippen LogP contribution in [0, 0.1) is 12.7 Å². The number of amides is 1. The normalized spacial score (nSPS) is 10.9. The van der Waals surface area contributed by atoms with E-state index in [1.165, 1.54) is 38.4 Å². The van der Waals surface area contributed by atoms with Crippen LogP contribution in [0.4, 0.5) is 4.39 Å². The fraction of sp³-hybridized carbons (Fsp3) is 0.259. The second-order valence-corrected chi connectivity index (χ2v) is 8.37. The van der Waals surface area contributed by atoms with Gasteiger partial charge in [-0.1, -0.05) is 30.3 Å². The summed E-state index contributed by atoms with van der Waals surface area (Å²) in [5, 5.41) is 2.41. The fourth-order valence-corrected chi connectivity index (χ4v) is 3.24. The maximum Gasteiger partial charge on any atom is 0.325 e. The number of halogens is 1. The molecule has 0 bridgehead atoms. The number of hydrogen-bond donors (Lipinski definition) is 2. The number of nitrogens with one attached hydrogen (secondary N) is 1. The highest BCUT2D eigenvalue weighted by atomic mass is 32.1. The van der Waals surface area contributed by atoms with Gasteiger partial charge in [0, 0.05) is 30.5 Å².